The van der Waals surface area contributed by atoms with Gasteiger partial charge in [0.2, 0.25) is 0 Å². The number of benzene rings is 13. The molecule has 0 amide bonds. The molecule has 436 valence electrons. The summed E-state index contributed by atoms with van der Waals surface area (Å²) in [6.07, 6.45) is 0. The highest BCUT2D eigenvalue weighted by molar-refractivity contribution is 7.01. The summed E-state index contributed by atoms with van der Waals surface area (Å²) in [6, 6.07) is 86.0. The second-order valence-corrected chi connectivity index (χ2v) is 28.7. The van der Waals surface area contributed by atoms with Crippen LogP contribution in [0.4, 0.5) is 17.1 Å². The third-order valence-corrected chi connectivity index (χ3v) is 22.7. The van der Waals surface area contributed by atoms with Crippen molar-refractivity contribution in [2.45, 2.75) is 80.1 Å². The van der Waals surface area contributed by atoms with Gasteiger partial charge in [0.1, 0.15) is 0 Å². The average Bonchev–Trinajstić information content (AvgIpc) is 1.43. The van der Waals surface area contributed by atoms with Crippen LogP contribution >= 0.6 is 0 Å². The fourth-order valence-electron chi connectivity index (χ4n) is 19.2. The number of hydrogen-bond acceptors (Lipinski definition) is 1. The molecule has 0 unspecified atom stereocenters. The van der Waals surface area contributed by atoms with Crippen molar-refractivity contribution in [3.05, 3.63) is 274 Å². The zero-order valence-corrected chi connectivity index (χ0v) is 53.7. The number of nitrogens with zero attached hydrogens (tertiary/aromatic N) is 3. The van der Waals surface area contributed by atoms with E-state index >= 15 is 0 Å². The van der Waals surface area contributed by atoms with Gasteiger partial charge in [-0.2, -0.15) is 0 Å². The van der Waals surface area contributed by atoms with Gasteiger partial charge in [-0.1, -0.05) is 197 Å². The molecule has 2 aliphatic heterocycles. The molecule has 5 aliphatic rings. The summed E-state index contributed by atoms with van der Waals surface area (Å²) in [5.74, 6) is 0. The van der Waals surface area contributed by atoms with E-state index in [0.29, 0.717) is 0 Å². The molecular weight excluding hydrogens is 1110 g/mol. The summed E-state index contributed by atoms with van der Waals surface area (Å²) in [4.78, 5) is 2.68. The third kappa shape index (κ3) is 6.52. The third-order valence-electron chi connectivity index (χ3n) is 22.7. The van der Waals surface area contributed by atoms with Crippen LogP contribution in [-0.2, 0) is 10.8 Å². The summed E-state index contributed by atoms with van der Waals surface area (Å²) in [5, 5.41) is 7.78. The summed E-state index contributed by atoms with van der Waals surface area (Å²) in [6.45, 7) is 23.3. The molecule has 0 bridgehead atoms. The van der Waals surface area contributed by atoms with Gasteiger partial charge in [0.15, 0.2) is 0 Å². The van der Waals surface area contributed by atoms with Crippen LogP contribution in [-0.4, -0.2) is 15.8 Å². The lowest BCUT2D eigenvalue weighted by Gasteiger charge is -2.42. The first-order chi connectivity index (χ1) is 44.6. The first kappa shape index (κ1) is 52.4. The Morgan fingerprint density at radius 2 is 0.891 bits per heavy atom. The van der Waals surface area contributed by atoms with Crippen molar-refractivity contribution in [2.75, 3.05) is 4.90 Å². The molecule has 0 atom stereocenters. The summed E-state index contributed by atoms with van der Waals surface area (Å²) in [5.41, 5.74) is 43.4. The molecule has 3 nitrogen and oxygen atoms in total. The fraction of sp³-hybridized carbons (Fsp3) is 0.136. The van der Waals surface area contributed by atoms with Crippen LogP contribution in [0.1, 0.15) is 83.3 Å². The van der Waals surface area contributed by atoms with E-state index in [1.54, 1.807) is 0 Å². The highest BCUT2D eigenvalue weighted by Crippen LogP contribution is 2.56. The Labute approximate surface area is 537 Å². The molecule has 15 aromatic rings. The molecule has 4 heterocycles. The first-order valence-electron chi connectivity index (χ1n) is 33.0. The molecule has 3 aliphatic carbocycles. The van der Waals surface area contributed by atoms with Gasteiger partial charge in [-0.3, -0.25) is 0 Å². The maximum Gasteiger partial charge on any atom is 0.253 e. The molecular formula is C88H66BN3. The van der Waals surface area contributed by atoms with Crippen molar-refractivity contribution in [3.8, 4) is 78.1 Å². The minimum atomic E-state index is -0.266. The van der Waals surface area contributed by atoms with Crippen LogP contribution in [0.2, 0.25) is 0 Å². The molecule has 0 radical (unpaired) electrons. The molecule has 2 aromatic heterocycles. The lowest BCUT2D eigenvalue weighted by molar-refractivity contribution is 0.660. The lowest BCUT2D eigenvalue weighted by Crippen LogP contribution is -2.61. The van der Waals surface area contributed by atoms with E-state index in [1.165, 1.54) is 210 Å². The molecule has 0 spiro atoms. The molecule has 0 fully saturated rings. The van der Waals surface area contributed by atoms with Crippen LogP contribution in [0, 0.1) is 41.5 Å². The standard InChI is InChI=1S/C88H66BN3/c1-47-37-49(3)78(50(4)38-47)54-30-34-72-65(41-54)66-46-70-81(63-23-14-16-27-68(63)88(70,9)10)85-86(66)92(72)77-45-57(91-74-28-18-25-62-59-21-12-11-20-58(59)61-24-17-19-53-29-36-75(91)83(80(53)61)82(62)74)44-76-84(77)89(85)71-42-55(79-51(5)39-48(2)40-52(79)6)31-35-73(71)90(76)56-32-33-69-64(43-56)60-22-13-15-26-67(60)87(69,7)8/h11-46H,1-10H3. The van der Waals surface area contributed by atoms with Gasteiger partial charge in [0.05, 0.1) is 22.2 Å². The van der Waals surface area contributed by atoms with Crippen LogP contribution in [0.25, 0.3) is 133 Å². The minimum Gasteiger partial charge on any atom is -0.311 e. The normalized spacial score (nSPS) is 14.5. The molecule has 0 N–H and O–H groups in total. The van der Waals surface area contributed by atoms with Crippen LogP contribution in [0.3, 0.4) is 0 Å². The van der Waals surface area contributed by atoms with Crippen LogP contribution in [0.15, 0.2) is 218 Å². The predicted molar refractivity (Wildman–Crippen MR) is 391 cm³/mol. The van der Waals surface area contributed by atoms with Gasteiger partial charge in [0.25, 0.3) is 6.71 Å². The van der Waals surface area contributed by atoms with Gasteiger partial charge in [-0.15, -0.1) is 0 Å². The van der Waals surface area contributed by atoms with Crippen LogP contribution < -0.4 is 21.3 Å². The van der Waals surface area contributed by atoms with Crippen molar-refractivity contribution < 1.29 is 0 Å². The maximum absolute atomic E-state index is 2.74. The minimum absolute atomic E-state index is 0.151. The second-order valence-electron chi connectivity index (χ2n) is 28.7. The second kappa shape index (κ2) is 17.7. The highest BCUT2D eigenvalue weighted by atomic mass is 15.2. The number of hydrogen-bond donors (Lipinski definition) is 0. The summed E-state index contributed by atoms with van der Waals surface area (Å²) in [7, 11) is 0. The molecule has 13 aromatic carbocycles. The molecule has 0 saturated carbocycles. The Hall–Kier alpha value is -10.4. The fourth-order valence-corrected chi connectivity index (χ4v) is 19.2. The number of rotatable bonds is 4. The van der Waals surface area contributed by atoms with Crippen LogP contribution in [0.5, 0.6) is 0 Å². The summed E-state index contributed by atoms with van der Waals surface area (Å²) < 4.78 is 5.37. The largest absolute Gasteiger partial charge is 0.311 e. The molecule has 20 rings (SSSR count). The van der Waals surface area contributed by atoms with Gasteiger partial charge in [0, 0.05) is 60.6 Å². The Kier molecular flexibility index (Phi) is 10.1. The van der Waals surface area contributed by atoms with Crippen molar-refractivity contribution in [2.24, 2.45) is 0 Å². The quantitative estimate of drug-likeness (QED) is 0.160. The van der Waals surface area contributed by atoms with E-state index in [-0.39, 0.29) is 17.5 Å². The Bertz CT molecular complexity index is 5930. The number of aryl methyl sites for hydroxylation is 6. The molecule has 92 heavy (non-hydrogen) atoms. The number of fused-ring (bicyclic) bond motifs is 17. The number of aromatic nitrogens is 2. The highest BCUT2D eigenvalue weighted by Gasteiger charge is 2.49. The average molecular weight is 1180 g/mol. The molecule has 4 heteroatoms. The predicted octanol–water partition coefficient (Wildman–Crippen LogP) is 21.1. The molecule has 0 saturated heterocycles. The van der Waals surface area contributed by atoms with Gasteiger partial charge in [-0.25, -0.2) is 0 Å². The van der Waals surface area contributed by atoms with Crippen molar-refractivity contribution >= 4 is 94.5 Å². The monoisotopic (exact) mass is 1180 g/mol. The Morgan fingerprint density at radius 1 is 0.326 bits per heavy atom. The van der Waals surface area contributed by atoms with E-state index in [1.807, 2.05) is 0 Å². The van der Waals surface area contributed by atoms with E-state index in [0.717, 1.165) is 11.4 Å². The smallest absolute Gasteiger partial charge is 0.253 e. The van der Waals surface area contributed by atoms with E-state index in [9.17, 15) is 0 Å². The summed E-state index contributed by atoms with van der Waals surface area (Å²) >= 11 is 0. The van der Waals surface area contributed by atoms with Gasteiger partial charge < -0.3 is 14.0 Å². The zero-order valence-electron chi connectivity index (χ0n) is 53.7. The number of anilines is 3. The van der Waals surface area contributed by atoms with E-state index in [4.69, 9.17) is 0 Å². The van der Waals surface area contributed by atoms with Crippen molar-refractivity contribution in [1.82, 2.24) is 9.13 Å². The topological polar surface area (TPSA) is 13.1 Å². The lowest BCUT2D eigenvalue weighted by atomic mass is 9.32. The van der Waals surface area contributed by atoms with Crippen molar-refractivity contribution in [3.63, 3.8) is 0 Å². The van der Waals surface area contributed by atoms with E-state index < -0.39 is 0 Å². The van der Waals surface area contributed by atoms with Gasteiger partial charge >= 0.3 is 0 Å². The van der Waals surface area contributed by atoms with Gasteiger partial charge in [-0.05, 0) is 241 Å². The van der Waals surface area contributed by atoms with E-state index in [2.05, 4.69) is 302 Å². The Morgan fingerprint density at radius 3 is 1.61 bits per heavy atom. The zero-order chi connectivity index (χ0) is 61.9. The first-order valence-corrected chi connectivity index (χ1v) is 33.0. The Balaban J connectivity index is 0.981. The van der Waals surface area contributed by atoms with Crippen molar-refractivity contribution in [1.29, 1.82) is 0 Å². The SMILES string of the molecule is Cc1cc(C)c(-c2ccc3c(c2)B2c4c(cc(-n5c6cccc7c6c6c8c(cccc8ccc65)-c5ccccc5-7)cc4-n4c5ccc(-c6c(C)cc(C)cc6C)cc5c5cc6c(c2c54)-c2ccccc2C6(C)C)N3c2ccc3c(c2)-c2ccccc2C3(C)C)c(C)c1. The maximum atomic E-state index is 2.74.